The van der Waals surface area contributed by atoms with Crippen LogP contribution in [0.3, 0.4) is 0 Å². The van der Waals surface area contributed by atoms with Crippen molar-refractivity contribution in [3.63, 3.8) is 0 Å². The average Bonchev–Trinajstić information content (AvgIpc) is 2.15. The van der Waals surface area contributed by atoms with Crippen molar-refractivity contribution in [3.8, 4) is 11.8 Å². The summed E-state index contributed by atoms with van der Waals surface area (Å²) in [5, 5.41) is 2.64. The number of aryl methyl sites for hydroxylation is 1. The lowest BCUT2D eigenvalue weighted by Gasteiger charge is -1.96. The first kappa shape index (κ1) is 12.3. The summed E-state index contributed by atoms with van der Waals surface area (Å²) in [5.74, 6) is 5.40. The Morgan fingerprint density at radius 1 is 1.44 bits per heavy atom. The zero-order valence-electron chi connectivity index (χ0n) is 9.43. The molecule has 2 nitrogen and oxygen atoms in total. The lowest BCUT2D eigenvalue weighted by Crippen LogP contribution is -2.20. The van der Waals surface area contributed by atoms with Gasteiger partial charge in [-0.1, -0.05) is 11.8 Å². The molecule has 0 aliphatic heterocycles. The van der Waals surface area contributed by atoms with E-state index in [1.54, 1.807) is 0 Å². The van der Waals surface area contributed by atoms with Crippen molar-refractivity contribution in [3.05, 3.63) is 35.1 Å². The Morgan fingerprint density at radius 3 is 2.81 bits per heavy atom. The highest BCUT2D eigenvalue weighted by Crippen LogP contribution is 2.06. The predicted octanol–water partition coefficient (Wildman–Crippen LogP) is 2.01. The van der Waals surface area contributed by atoms with Crippen LogP contribution in [0.15, 0.2) is 18.2 Å². The number of hydrogen-bond donors (Lipinski definition) is 1. The number of nitrogens with one attached hydrogen (secondary N) is 1. The van der Waals surface area contributed by atoms with Gasteiger partial charge >= 0.3 is 0 Å². The summed E-state index contributed by atoms with van der Waals surface area (Å²) in [4.78, 5) is 10.6. The number of rotatable bonds is 2. The van der Waals surface area contributed by atoms with E-state index in [4.69, 9.17) is 0 Å². The highest BCUT2D eigenvalue weighted by molar-refractivity contribution is 5.72. The summed E-state index contributed by atoms with van der Waals surface area (Å²) in [6.07, 6.45) is 0.565. The predicted molar refractivity (Wildman–Crippen MR) is 61.3 cm³/mol. The van der Waals surface area contributed by atoms with E-state index >= 15 is 0 Å². The monoisotopic (exact) mass is 219 g/mol. The number of benzene rings is 1. The number of amides is 1. The van der Waals surface area contributed by atoms with Crippen LogP contribution in [-0.4, -0.2) is 12.5 Å². The Morgan fingerprint density at radius 2 is 2.19 bits per heavy atom. The van der Waals surface area contributed by atoms with Crippen LogP contribution < -0.4 is 5.32 Å². The second-order valence-electron chi connectivity index (χ2n) is 3.55. The second-order valence-corrected chi connectivity index (χ2v) is 3.55. The van der Waals surface area contributed by atoms with Crippen LogP contribution in [0.1, 0.15) is 24.5 Å². The van der Waals surface area contributed by atoms with E-state index < -0.39 is 0 Å². The lowest BCUT2D eigenvalue weighted by atomic mass is 10.1. The van der Waals surface area contributed by atoms with Gasteiger partial charge in [-0.05, 0) is 30.7 Å². The zero-order valence-corrected chi connectivity index (χ0v) is 9.43. The molecule has 0 radical (unpaired) electrons. The molecule has 1 aromatic rings. The van der Waals surface area contributed by atoms with Crippen molar-refractivity contribution in [2.24, 2.45) is 0 Å². The Hall–Kier alpha value is -1.82. The molecule has 1 rings (SSSR count). The molecule has 0 saturated carbocycles. The standard InChI is InChI=1S/C13H14FNO/c1-10-7-12(9-13(14)8-10)5-3-4-6-15-11(2)16/h7-9H,4,6H2,1-2H3,(H,15,16). The van der Waals surface area contributed by atoms with E-state index in [-0.39, 0.29) is 11.7 Å². The van der Waals surface area contributed by atoms with Crippen LogP contribution in [0.4, 0.5) is 4.39 Å². The molecule has 0 aliphatic carbocycles. The zero-order chi connectivity index (χ0) is 12.0. The summed E-state index contributed by atoms with van der Waals surface area (Å²) in [6.45, 7) is 3.81. The first-order chi connectivity index (χ1) is 7.58. The van der Waals surface area contributed by atoms with Crippen molar-refractivity contribution in [2.75, 3.05) is 6.54 Å². The molecule has 1 N–H and O–H groups in total. The van der Waals surface area contributed by atoms with Crippen molar-refractivity contribution in [1.29, 1.82) is 0 Å². The third-order valence-electron chi connectivity index (χ3n) is 1.90. The minimum absolute atomic E-state index is 0.0663. The van der Waals surface area contributed by atoms with Gasteiger partial charge in [0.25, 0.3) is 0 Å². The molecule has 0 aromatic heterocycles. The molecule has 0 unspecified atom stereocenters. The van der Waals surface area contributed by atoms with Gasteiger partial charge < -0.3 is 5.32 Å². The molecule has 0 atom stereocenters. The normalized spacial score (nSPS) is 9.19. The Labute approximate surface area is 94.9 Å². The van der Waals surface area contributed by atoms with Gasteiger partial charge in [0.15, 0.2) is 0 Å². The molecule has 3 heteroatoms. The van der Waals surface area contributed by atoms with E-state index in [0.29, 0.717) is 18.5 Å². The molecule has 0 spiro atoms. The quantitative estimate of drug-likeness (QED) is 0.598. The van der Waals surface area contributed by atoms with E-state index in [1.165, 1.54) is 19.1 Å². The topological polar surface area (TPSA) is 29.1 Å². The minimum atomic E-state index is -0.272. The Kier molecular flexibility index (Phi) is 4.53. The highest BCUT2D eigenvalue weighted by Gasteiger charge is 1.94. The molecule has 0 saturated heterocycles. The van der Waals surface area contributed by atoms with E-state index in [1.807, 2.05) is 13.0 Å². The van der Waals surface area contributed by atoms with E-state index in [2.05, 4.69) is 17.2 Å². The van der Waals surface area contributed by atoms with Crippen LogP contribution >= 0.6 is 0 Å². The first-order valence-corrected chi connectivity index (χ1v) is 5.08. The molecule has 84 valence electrons. The van der Waals surface area contributed by atoms with Crippen molar-refractivity contribution >= 4 is 5.91 Å². The summed E-state index contributed by atoms with van der Waals surface area (Å²) < 4.78 is 13.0. The van der Waals surface area contributed by atoms with Gasteiger partial charge in [-0.25, -0.2) is 4.39 Å². The third-order valence-corrected chi connectivity index (χ3v) is 1.90. The van der Waals surface area contributed by atoms with Crippen LogP contribution in [0.2, 0.25) is 0 Å². The molecule has 1 amide bonds. The first-order valence-electron chi connectivity index (χ1n) is 5.08. The van der Waals surface area contributed by atoms with Crippen LogP contribution in [0.5, 0.6) is 0 Å². The van der Waals surface area contributed by atoms with Crippen LogP contribution in [0.25, 0.3) is 0 Å². The number of hydrogen-bond acceptors (Lipinski definition) is 1. The van der Waals surface area contributed by atoms with Gasteiger partial charge in [-0.3, -0.25) is 4.79 Å². The number of carbonyl (C=O) groups excluding carboxylic acids is 1. The fraction of sp³-hybridized carbons (Fsp3) is 0.308. The minimum Gasteiger partial charge on any atom is -0.355 e. The van der Waals surface area contributed by atoms with Gasteiger partial charge in [-0.15, -0.1) is 0 Å². The van der Waals surface area contributed by atoms with Crippen LogP contribution in [0, 0.1) is 24.6 Å². The fourth-order valence-corrected chi connectivity index (χ4v) is 1.27. The summed E-state index contributed by atoms with van der Waals surface area (Å²) >= 11 is 0. The Balaban J connectivity index is 2.53. The fourth-order valence-electron chi connectivity index (χ4n) is 1.27. The number of carbonyl (C=O) groups is 1. The lowest BCUT2D eigenvalue weighted by molar-refractivity contribution is -0.118. The summed E-state index contributed by atoms with van der Waals surface area (Å²) in [7, 11) is 0. The maximum absolute atomic E-state index is 13.0. The maximum Gasteiger partial charge on any atom is 0.216 e. The molecular weight excluding hydrogens is 205 g/mol. The molecule has 0 fully saturated rings. The molecule has 0 heterocycles. The van der Waals surface area contributed by atoms with Gasteiger partial charge in [0.2, 0.25) is 5.91 Å². The van der Waals surface area contributed by atoms with Gasteiger partial charge in [-0.2, -0.15) is 0 Å². The molecule has 0 aliphatic rings. The van der Waals surface area contributed by atoms with Gasteiger partial charge in [0, 0.05) is 25.5 Å². The highest BCUT2D eigenvalue weighted by atomic mass is 19.1. The van der Waals surface area contributed by atoms with Crippen molar-refractivity contribution in [1.82, 2.24) is 5.32 Å². The SMILES string of the molecule is CC(=O)NCCC#Cc1cc(C)cc(F)c1. The molecule has 16 heavy (non-hydrogen) atoms. The smallest absolute Gasteiger partial charge is 0.216 e. The van der Waals surface area contributed by atoms with Crippen molar-refractivity contribution < 1.29 is 9.18 Å². The third kappa shape index (κ3) is 4.61. The molecular formula is C13H14FNO. The summed E-state index contributed by atoms with van der Waals surface area (Å²) in [6, 6.07) is 4.69. The average molecular weight is 219 g/mol. The molecule has 0 bridgehead atoms. The van der Waals surface area contributed by atoms with E-state index in [9.17, 15) is 9.18 Å². The van der Waals surface area contributed by atoms with Gasteiger partial charge in [0.05, 0.1) is 0 Å². The Bertz CT molecular complexity index is 423. The van der Waals surface area contributed by atoms with E-state index in [0.717, 1.165) is 5.56 Å². The second kappa shape index (κ2) is 5.92. The maximum atomic E-state index is 13.0. The number of halogens is 1. The summed E-state index contributed by atoms with van der Waals surface area (Å²) in [5.41, 5.74) is 1.52. The molecule has 1 aromatic carbocycles. The van der Waals surface area contributed by atoms with Crippen molar-refractivity contribution in [2.45, 2.75) is 20.3 Å². The largest absolute Gasteiger partial charge is 0.355 e. The van der Waals surface area contributed by atoms with Gasteiger partial charge in [0.1, 0.15) is 5.82 Å². The van der Waals surface area contributed by atoms with Crippen LogP contribution in [-0.2, 0) is 4.79 Å².